The summed E-state index contributed by atoms with van der Waals surface area (Å²) in [5, 5.41) is 0. The number of aromatic nitrogens is 2. The zero-order valence-corrected chi connectivity index (χ0v) is 11.5. The average Bonchev–Trinajstić information content (AvgIpc) is 2.31. The van der Waals surface area contributed by atoms with Gasteiger partial charge in [-0.05, 0) is 20.3 Å². The fourth-order valence-corrected chi connectivity index (χ4v) is 2.38. The van der Waals surface area contributed by atoms with Gasteiger partial charge in [-0.2, -0.15) is 0 Å². The minimum atomic E-state index is 0.00338. The first-order chi connectivity index (χ1) is 8.51. The maximum Gasteiger partial charge on any atom is 0.254 e. The van der Waals surface area contributed by atoms with Crippen LogP contribution in [0.5, 0.6) is 0 Å². The summed E-state index contributed by atoms with van der Waals surface area (Å²) in [6.07, 6.45) is 1.10. The molecule has 1 aromatic heterocycles. The molecule has 0 amide bonds. The topological polar surface area (TPSA) is 47.4 Å². The van der Waals surface area contributed by atoms with Crippen molar-refractivity contribution >= 4 is 5.95 Å². The summed E-state index contributed by atoms with van der Waals surface area (Å²) in [6, 6.07) is 1.61. The van der Waals surface area contributed by atoms with Crippen LogP contribution in [0, 0.1) is 0 Å². The van der Waals surface area contributed by atoms with E-state index in [1.165, 1.54) is 0 Å². The molecule has 2 atom stereocenters. The Balaban J connectivity index is 2.37. The number of rotatable bonds is 2. The summed E-state index contributed by atoms with van der Waals surface area (Å²) in [5.74, 6) is 0.751. The van der Waals surface area contributed by atoms with E-state index in [9.17, 15) is 4.79 Å². The van der Waals surface area contributed by atoms with Crippen molar-refractivity contribution in [3.8, 4) is 0 Å². The molecule has 2 heterocycles. The molecule has 2 rings (SSSR count). The highest BCUT2D eigenvalue weighted by Crippen LogP contribution is 2.17. The highest BCUT2D eigenvalue weighted by atomic mass is 16.5. The molecule has 18 heavy (non-hydrogen) atoms. The molecule has 1 saturated heterocycles. The monoisotopic (exact) mass is 251 g/mol. The van der Waals surface area contributed by atoms with Crippen LogP contribution in [0.3, 0.4) is 0 Å². The molecular formula is C13H21N3O2. The maximum absolute atomic E-state index is 11.9. The summed E-state index contributed by atoms with van der Waals surface area (Å²) in [4.78, 5) is 18.6. The number of ether oxygens (including phenoxy) is 1. The lowest BCUT2D eigenvalue weighted by atomic mass is 10.2. The van der Waals surface area contributed by atoms with Gasteiger partial charge in [-0.3, -0.25) is 9.36 Å². The van der Waals surface area contributed by atoms with Crippen molar-refractivity contribution in [3.05, 3.63) is 22.1 Å². The predicted octanol–water partition coefficient (Wildman–Crippen LogP) is 0.956. The molecule has 1 aromatic rings. The fourth-order valence-electron chi connectivity index (χ4n) is 2.38. The minimum absolute atomic E-state index is 0.00338. The summed E-state index contributed by atoms with van der Waals surface area (Å²) in [6.45, 7) is 7.65. The maximum atomic E-state index is 11.9. The minimum Gasteiger partial charge on any atom is -0.372 e. The molecule has 1 aliphatic heterocycles. The van der Waals surface area contributed by atoms with E-state index in [0.717, 1.165) is 31.2 Å². The number of hydrogen-bond acceptors (Lipinski definition) is 4. The first kappa shape index (κ1) is 13.1. The lowest BCUT2D eigenvalue weighted by Crippen LogP contribution is -2.47. The predicted molar refractivity (Wildman–Crippen MR) is 71.1 cm³/mol. The lowest BCUT2D eigenvalue weighted by Gasteiger charge is -2.36. The van der Waals surface area contributed by atoms with Crippen LogP contribution >= 0.6 is 0 Å². The smallest absolute Gasteiger partial charge is 0.254 e. The summed E-state index contributed by atoms with van der Waals surface area (Å²) in [5.41, 5.74) is 0.851. The highest BCUT2D eigenvalue weighted by molar-refractivity contribution is 5.33. The standard InChI is InChI=1S/C13H21N3O2/c1-5-11-6-12(17)15(4)13(14-11)16-7-9(2)18-10(3)8-16/h6,9-10H,5,7-8H2,1-4H3/t9-,10+. The van der Waals surface area contributed by atoms with Gasteiger partial charge in [0, 0.05) is 31.9 Å². The summed E-state index contributed by atoms with van der Waals surface area (Å²) < 4.78 is 7.32. The molecule has 5 nitrogen and oxygen atoms in total. The van der Waals surface area contributed by atoms with E-state index in [4.69, 9.17) is 4.74 Å². The number of hydrogen-bond donors (Lipinski definition) is 0. The molecule has 0 radical (unpaired) electrons. The van der Waals surface area contributed by atoms with Gasteiger partial charge in [-0.15, -0.1) is 0 Å². The van der Waals surface area contributed by atoms with E-state index in [0.29, 0.717) is 0 Å². The molecule has 0 unspecified atom stereocenters. The van der Waals surface area contributed by atoms with Crippen molar-refractivity contribution in [1.82, 2.24) is 9.55 Å². The van der Waals surface area contributed by atoms with Crippen LogP contribution in [0.1, 0.15) is 26.5 Å². The Bertz CT molecular complexity index is 474. The van der Waals surface area contributed by atoms with Gasteiger partial charge >= 0.3 is 0 Å². The van der Waals surface area contributed by atoms with Gasteiger partial charge in [-0.1, -0.05) is 6.92 Å². The zero-order valence-electron chi connectivity index (χ0n) is 11.5. The van der Waals surface area contributed by atoms with E-state index in [2.05, 4.69) is 9.88 Å². The van der Waals surface area contributed by atoms with Gasteiger partial charge in [-0.25, -0.2) is 4.98 Å². The van der Waals surface area contributed by atoms with E-state index in [1.54, 1.807) is 17.7 Å². The van der Waals surface area contributed by atoms with Crippen LogP contribution in [-0.4, -0.2) is 34.8 Å². The average molecular weight is 251 g/mol. The Labute approximate surface area is 107 Å². The van der Waals surface area contributed by atoms with Crippen molar-refractivity contribution in [3.63, 3.8) is 0 Å². The third-order valence-corrected chi connectivity index (χ3v) is 3.23. The zero-order chi connectivity index (χ0) is 13.3. The van der Waals surface area contributed by atoms with Crippen molar-refractivity contribution in [2.45, 2.75) is 39.4 Å². The molecule has 0 aliphatic carbocycles. The molecule has 0 bridgehead atoms. The summed E-state index contributed by atoms with van der Waals surface area (Å²) >= 11 is 0. The van der Waals surface area contributed by atoms with E-state index < -0.39 is 0 Å². The van der Waals surface area contributed by atoms with Crippen molar-refractivity contribution < 1.29 is 4.74 Å². The second-order valence-electron chi connectivity index (χ2n) is 4.96. The highest BCUT2D eigenvalue weighted by Gasteiger charge is 2.25. The molecule has 0 saturated carbocycles. The van der Waals surface area contributed by atoms with Crippen LogP contribution in [-0.2, 0) is 18.2 Å². The van der Waals surface area contributed by atoms with Gasteiger partial charge in [0.1, 0.15) is 0 Å². The Hall–Kier alpha value is -1.36. The number of anilines is 1. The van der Waals surface area contributed by atoms with Gasteiger partial charge in [0.15, 0.2) is 0 Å². The number of morpholine rings is 1. The van der Waals surface area contributed by atoms with Crippen LogP contribution in [0.2, 0.25) is 0 Å². The first-order valence-corrected chi connectivity index (χ1v) is 6.48. The molecule has 0 aromatic carbocycles. The Morgan fingerprint density at radius 1 is 1.39 bits per heavy atom. The molecule has 100 valence electrons. The van der Waals surface area contributed by atoms with Crippen molar-refractivity contribution in [1.29, 1.82) is 0 Å². The van der Waals surface area contributed by atoms with Gasteiger partial charge in [0.2, 0.25) is 5.95 Å². The molecule has 5 heteroatoms. The largest absolute Gasteiger partial charge is 0.372 e. The first-order valence-electron chi connectivity index (χ1n) is 6.48. The number of aryl methyl sites for hydroxylation is 1. The van der Waals surface area contributed by atoms with Gasteiger partial charge in [0.05, 0.1) is 12.2 Å². The van der Waals surface area contributed by atoms with Crippen molar-refractivity contribution in [2.75, 3.05) is 18.0 Å². The van der Waals surface area contributed by atoms with Crippen LogP contribution < -0.4 is 10.5 Å². The summed E-state index contributed by atoms with van der Waals surface area (Å²) in [7, 11) is 1.77. The van der Waals surface area contributed by atoms with Gasteiger partial charge < -0.3 is 9.64 Å². The fraction of sp³-hybridized carbons (Fsp3) is 0.692. The van der Waals surface area contributed by atoms with E-state index >= 15 is 0 Å². The normalized spacial score (nSPS) is 24.3. The molecule has 0 N–H and O–H groups in total. The van der Waals surface area contributed by atoms with Crippen molar-refractivity contribution in [2.24, 2.45) is 7.05 Å². The molecule has 0 spiro atoms. The number of nitrogens with zero attached hydrogens (tertiary/aromatic N) is 3. The lowest BCUT2D eigenvalue weighted by molar-refractivity contribution is -0.00594. The second-order valence-corrected chi connectivity index (χ2v) is 4.96. The van der Waals surface area contributed by atoms with Gasteiger partial charge in [0.25, 0.3) is 5.56 Å². The quantitative estimate of drug-likeness (QED) is 0.785. The third-order valence-electron chi connectivity index (χ3n) is 3.23. The Morgan fingerprint density at radius 2 is 2.00 bits per heavy atom. The Kier molecular flexibility index (Phi) is 3.71. The molecule has 1 fully saturated rings. The van der Waals surface area contributed by atoms with E-state index in [-0.39, 0.29) is 17.8 Å². The SMILES string of the molecule is CCc1cc(=O)n(C)c(N2C[C@@H](C)O[C@@H](C)C2)n1. The third kappa shape index (κ3) is 2.56. The van der Waals surface area contributed by atoms with Crippen LogP contribution in [0.15, 0.2) is 10.9 Å². The molecular weight excluding hydrogens is 230 g/mol. The molecule has 1 aliphatic rings. The second kappa shape index (κ2) is 5.10. The van der Waals surface area contributed by atoms with Crippen LogP contribution in [0.4, 0.5) is 5.95 Å². The Morgan fingerprint density at radius 3 is 2.56 bits per heavy atom. The van der Waals surface area contributed by atoms with Crippen LogP contribution in [0.25, 0.3) is 0 Å². The van der Waals surface area contributed by atoms with E-state index in [1.807, 2.05) is 20.8 Å².